The van der Waals surface area contributed by atoms with Crippen LogP contribution in [0, 0.1) is 0 Å². The third-order valence-electron chi connectivity index (χ3n) is 2.74. The number of β-amino-alcohol motifs (C(OH)–C–C–N with tert-alkyl or cyclic N) is 1. The molecule has 1 aliphatic heterocycles. The molecule has 3 nitrogen and oxygen atoms in total. The summed E-state index contributed by atoms with van der Waals surface area (Å²) < 4.78 is 5.13. The highest BCUT2D eigenvalue weighted by molar-refractivity contribution is 5.33. The molecule has 0 aliphatic carbocycles. The molecule has 1 aromatic rings. The lowest BCUT2D eigenvalue weighted by Gasteiger charge is -2.22. The first-order valence-electron chi connectivity index (χ1n) is 4.82. The fraction of sp³-hybridized carbons (Fsp3) is 0.455. The highest BCUT2D eigenvalue weighted by Gasteiger charge is 2.32. The first-order chi connectivity index (χ1) is 6.74. The zero-order valence-corrected chi connectivity index (χ0v) is 8.29. The minimum absolute atomic E-state index is 0.625. The Morgan fingerprint density at radius 2 is 2.36 bits per heavy atom. The van der Waals surface area contributed by atoms with Crippen molar-refractivity contribution in [2.45, 2.75) is 12.0 Å². The van der Waals surface area contributed by atoms with Gasteiger partial charge in [-0.2, -0.15) is 0 Å². The van der Waals surface area contributed by atoms with Gasteiger partial charge in [-0.1, -0.05) is 12.1 Å². The topological polar surface area (TPSA) is 41.5 Å². The molecule has 0 amide bonds. The van der Waals surface area contributed by atoms with Crippen LogP contribution in [0.2, 0.25) is 0 Å². The molecular formula is C11H15NO2. The van der Waals surface area contributed by atoms with Crippen molar-refractivity contribution in [1.29, 1.82) is 0 Å². The summed E-state index contributed by atoms with van der Waals surface area (Å²) in [5.74, 6) is 0.794. The first-order valence-corrected chi connectivity index (χ1v) is 4.82. The summed E-state index contributed by atoms with van der Waals surface area (Å²) in [5, 5.41) is 13.4. The standard InChI is InChI=1S/C11H15NO2/c1-14-10-4-2-3-9(7-10)11(13)5-6-12-8-11/h2-4,7,12-13H,5-6,8H2,1H3. The van der Waals surface area contributed by atoms with Crippen LogP contribution >= 0.6 is 0 Å². The third-order valence-corrected chi connectivity index (χ3v) is 2.74. The van der Waals surface area contributed by atoms with Gasteiger partial charge in [0.15, 0.2) is 0 Å². The van der Waals surface area contributed by atoms with E-state index in [9.17, 15) is 5.11 Å². The maximum atomic E-state index is 10.3. The van der Waals surface area contributed by atoms with E-state index in [1.807, 2.05) is 24.3 Å². The van der Waals surface area contributed by atoms with Gasteiger partial charge in [-0.05, 0) is 30.7 Å². The van der Waals surface area contributed by atoms with E-state index in [-0.39, 0.29) is 0 Å². The minimum atomic E-state index is -0.714. The first kappa shape index (κ1) is 9.49. The van der Waals surface area contributed by atoms with Crippen molar-refractivity contribution in [3.8, 4) is 5.75 Å². The zero-order chi connectivity index (χ0) is 10.0. The van der Waals surface area contributed by atoms with Crippen molar-refractivity contribution in [2.75, 3.05) is 20.2 Å². The second-order valence-corrected chi connectivity index (χ2v) is 3.69. The Morgan fingerprint density at radius 3 is 3.00 bits per heavy atom. The minimum Gasteiger partial charge on any atom is -0.497 e. The summed E-state index contributed by atoms with van der Waals surface area (Å²) in [6.45, 7) is 1.49. The summed E-state index contributed by atoms with van der Waals surface area (Å²) >= 11 is 0. The van der Waals surface area contributed by atoms with Crippen LogP contribution in [0.5, 0.6) is 5.75 Å². The van der Waals surface area contributed by atoms with E-state index in [4.69, 9.17) is 4.74 Å². The van der Waals surface area contributed by atoms with Crippen molar-refractivity contribution in [3.63, 3.8) is 0 Å². The highest BCUT2D eigenvalue weighted by atomic mass is 16.5. The molecule has 2 rings (SSSR count). The number of hydrogen-bond acceptors (Lipinski definition) is 3. The molecule has 76 valence electrons. The van der Waals surface area contributed by atoms with Gasteiger partial charge < -0.3 is 15.2 Å². The van der Waals surface area contributed by atoms with E-state index < -0.39 is 5.60 Å². The van der Waals surface area contributed by atoms with Gasteiger partial charge in [-0.25, -0.2) is 0 Å². The zero-order valence-electron chi connectivity index (χ0n) is 8.29. The predicted octanol–water partition coefficient (Wildman–Crippen LogP) is 0.876. The highest BCUT2D eigenvalue weighted by Crippen LogP contribution is 2.29. The smallest absolute Gasteiger partial charge is 0.119 e. The van der Waals surface area contributed by atoms with Gasteiger partial charge in [0.2, 0.25) is 0 Å². The Bertz CT molecular complexity index is 319. The lowest BCUT2D eigenvalue weighted by atomic mass is 9.93. The molecule has 0 bridgehead atoms. The quantitative estimate of drug-likeness (QED) is 0.732. The molecule has 3 heteroatoms. The molecule has 0 spiro atoms. The molecule has 1 fully saturated rings. The van der Waals surface area contributed by atoms with E-state index in [0.717, 1.165) is 24.3 Å². The van der Waals surface area contributed by atoms with Gasteiger partial charge in [-0.3, -0.25) is 0 Å². The second kappa shape index (κ2) is 3.59. The van der Waals surface area contributed by atoms with E-state index in [2.05, 4.69) is 5.32 Å². The molecule has 14 heavy (non-hydrogen) atoms. The van der Waals surface area contributed by atoms with Gasteiger partial charge >= 0.3 is 0 Å². The van der Waals surface area contributed by atoms with Gasteiger partial charge in [0.05, 0.1) is 7.11 Å². The number of ether oxygens (including phenoxy) is 1. The molecule has 0 saturated carbocycles. The Balaban J connectivity index is 2.30. The number of benzene rings is 1. The maximum absolute atomic E-state index is 10.3. The van der Waals surface area contributed by atoms with E-state index >= 15 is 0 Å². The summed E-state index contributed by atoms with van der Waals surface area (Å²) in [6.07, 6.45) is 0.764. The van der Waals surface area contributed by atoms with Crippen LogP contribution in [-0.2, 0) is 5.60 Å². The second-order valence-electron chi connectivity index (χ2n) is 3.69. The molecule has 1 aliphatic rings. The summed E-state index contributed by atoms with van der Waals surface area (Å²) in [6, 6.07) is 7.63. The van der Waals surface area contributed by atoms with Crippen molar-refractivity contribution in [3.05, 3.63) is 29.8 Å². The molecular weight excluding hydrogens is 178 g/mol. The molecule has 1 saturated heterocycles. The average Bonchev–Trinajstić information content (AvgIpc) is 2.67. The van der Waals surface area contributed by atoms with Gasteiger partial charge in [0, 0.05) is 6.54 Å². The molecule has 1 heterocycles. The van der Waals surface area contributed by atoms with Crippen LogP contribution < -0.4 is 10.1 Å². The summed E-state index contributed by atoms with van der Waals surface area (Å²) in [5.41, 5.74) is 0.219. The molecule has 1 aromatic carbocycles. The van der Waals surface area contributed by atoms with Crippen molar-refractivity contribution >= 4 is 0 Å². The maximum Gasteiger partial charge on any atom is 0.119 e. The number of nitrogens with one attached hydrogen (secondary N) is 1. The van der Waals surface area contributed by atoms with Crippen molar-refractivity contribution < 1.29 is 9.84 Å². The lowest BCUT2D eigenvalue weighted by Crippen LogP contribution is -2.28. The summed E-state index contributed by atoms with van der Waals surface area (Å²) in [7, 11) is 1.63. The lowest BCUT2D eigenvalue weighted by molar-refractivity contribution is 0.0585. The van der Waals surface area contributed by atoms with Crippen LogP contribution in [0.1, 0.15) is 12.0 Å². The fourth-order valence-electron chi connectivity index (χ4n) is 1.84. The number of aliphatic hydroxyl groups is 1. The fourth-order valence-corrected chi connectivity index (χ4v) is 1.84. The molecule has 0 aromatic heterocycles. The predicted molar refractivity (Wildman–Crippen MR) is 54.4 cm³/mol. The Hall–Kier alpha value is -1.06. The van der Waals surface area contributed by atoms with Crippen molar-refractivity contribution in [2.24, 2.45) is 0 Å². The van der Waals surface area contributed by atoms with Crippen LogP contribution in [0.4, 0.5) is 0 Å². The van der Waals surface area contributed by atoms with Crippen LogP contribution in [0.25, 0.3) is 0 Å². The number of methoxy groups -OCH3 is 1. The van der Waals surface area contributed by atoms with Gasteiger partial charge in [0.1, 0.15) is 11.4 Å². The van der Waals surface area contributed by atoms with Gasteiger partial charge in [0.25, 0.3) is 0 Å². The number of rotatable bonds is 2. The van der Waals surface area contributed by atoms with Crippen LogP contribution in [-0.4, -0.2) is 25.3 Å². The van der Waals surface area contributed by atoms with E-state index in [1.54, 1.807) is 7.11 Å². The molecule has 1 atom stereocenters. The molecule has 2 N–H and O–H groups in total. The third kappa shape index (κ3) is 1.61. The largest absolute Gasteiger partial charge is 0.497 e. The molecule has 0 radical (unpaired) electrons. The van der Waals surface area contributed by atoms with Crippen LogP contribution in [0.3, 0.4) is 0 Å². The van der Waals surface area contributed by atoms with E-state index in [0.29, 0.717) is 6.54 Å². The number of hydrogen-bond donors (Lipinski definition) is 2. The SMILES string of the molecule is COc1cccc(C2(O)CCNC2)c1. The van der Waals surface area contributed by atoms with Crippen LogP contribution in [0.15, 0.2) is 24.3 Å². The van der Waals surface area contributed by atoms with E-state index in [1.165, 1.54) is 0 Å². The Kier molecular flexibility index (Phi) is 2.44. The molecule has 1 unspecified atom stereocenters. The van der Waals surface area contributed by atoms with Crippen molar-refractivity contribution in [1.82, 2.24) is 5.32 Å². The normalized spacial score (nSPS) is 26.4. The monoisotopic (exact) mass is 193 g/mol. The Morgan fingerprint density at radius 1 is 1.50 bits per heavy atom. The average molecular weight is 193 g/mol. The Labute approximate surface area is 83.7 Å². The van der Waals surface area contributed by atoms with Gasteiger partial charge in [-0.15, -0.1) is 0 Å². The summed E-state index contributed by atoms with van der Waals surface area (Å²) in [4.78, 5) is 0.